The molecule has 2 fully saturated rings. The molecule has 0 aliphatic carbocycles. The van der Waals surface area contributed by atoms with E-state index < -0.39 is 15.3 Å². The smallest absolute Gasteiger partial charge is 0.272 e. The van der Waals surface area contributed by atoms with E-state index in [4.69, 9.17) is 0 Å². The molecule has 1 amide bonds. The van der Waals surface area contributed by atoms with Gasteiger partial charge in [0.1, 0.15) is 5.69 Å². The van der Waals surface area contributed by atoms with Crippen LogP contribution in [0.3, 0.4) is 0 Å². The third-order valence-corrected chi connectivity index (χ3v) is 8.04. The second kappa shape index (κ2) is 7.29. The summed E-state index contributed by atoms with van der Waals surface area (Å²) in [5, 5.41) is -0.444. The van der Waals surface area contributed by atoms with Crippen molar-refractivity contribution < 1.29 is 13.2 Å². The highest BCUT2D eigenvalue weighted by atomic mass is 32.2. The number of hydrogen-bond donors (Lipinski definition) is 0. The third kappa shape index (κ3) is 3.33. The Morgan fingerprint density at radius 3 is 2.54 bits per heavy atom. The number of benzene rings is 1. The number of carbonyl (C=O) groups excluding carboxylic acids is 1. The fourth-order valence-electron chi connectivity index (χ4n) is 4.16. The SMILES string of the molecule is CC(C)S(=O)(=O)N1CCC2CN(C(=O)c3cccc(-c4ccccc4)n3)CC21. The van der Waals surface area contributed by atoms with Crippen LogP contribution in [0, 0.1) is 5.92 Å². The van der Waals surface area contributed by atoms with E-state index in [1.54, 1.807) is 29.1 Å². The number of rotatable bonds is 4. The van der Waals surface area contributed by atoms with Gasteiger partial charge in [0.15, 0.2) is 0 Å². The lowest BCUT2D eigenvalue weighted by Gasteiger charge is -2.26. The van der Waals surface area contributed by atoms with Crippen molar-refractivity contribution in [2.75, 3.05) is 19.6 Å². The van der Waals surface area contributed by atoms with Gasteiger partial charge in [0, 0.05) is 31.2 Å². The number of likely N-dealkylation sites (tertiary alicyclic amines) is 1. The predicted octanol–water partition coefficient (Wildman–Crippen LogP) is 2.63. The van der Waals surface area contributed by atoms with Crippen LogP contribution in [0.1, 0.15) is 30.8 Å². The molecule has 3 heterocycles. The average molecular weight is 400 g/mol. The first-order valence-electron chi connectivity index (χ1n) is 9.70. The van der Waals surface area contributed by atoms with Gasteiger partial charge < -0.3 is 4.90 Å². The molecule has 2 atom stereocenters. The summed E-state index contributed by atoms with van der Waals surface area (Å²) in [6.45, 7) is 5.00. The Balaban J connectivity index is 1.53. The number of fused-ring (bicyclic) bond motifs is 1. The first kappa shape index (κ1) is 19.1. The lowest BCUT2D eigenvalue weighted by molar-refractivity contribution is 0.0772. The fraction of sp³-hybridized carbons (Fsp3) is 0.429. The Hall–Kier alpha value is -2.25. The molecule has 0 bridgehead atoms. The van der Waals surface area contributed by atoms with Gasteiger partial charge in [-0.25, -0.2) is 13.4 Å². The monoisotopic (exact) mass is 399 g/mol. The van der Waals surface area contributed by atoms with Gasteiger partial charge in [0.25, 0.3) is 5.91 Å². The number of hydrogen-bond acceptors (Lipinski definition) is 4. The molecular weight excluding hydrogens is 374 g/mol. The molecule has 28 heavy (non-hydrogen) atoms. The van der Waals surface area contributed by atoms with Gasteiger partial charge in [0.05, 0.1) is 10.9 Å². The highest BCUT2D eigenvalue weighted by molar-refractivity contribution is 7.89. The molecular formula is C21H25N3O3S. The Morgan fingerprint density at radius 1 is 1.07 bits per heavy atom. The second-order valence-electron chi connectivity index (χ2n) is 7.80. The van der Waals surface area contributed by atoms with E-state index in [9.17, 15) is 13.2 Å². The number of carbonyl (C=O) groups is 1. The van der Waals surface area contributed by atoms with Crippen molar-refractivity contribution in [2.45, 2.75) is 31.6 Å². The zero-order chi connectivity index (χ0) is 19.9. The van der Waals surface area contributed by atoms with Gasteiger partial charge in [-0.1, -0.05) is 36.4 Å². The van der Waals surface area contributed by atoms with Crippen LogP contribution in [0.5, 0.6) is 0 Å². The topological polar surface area (TPSA) is 70.6 Å². The molecule has 1 aromatic heterocycles. The number of sulfonamides is 1. The maximum atomic E-state index is 13.0. The summed E-state index contributed by atoms with van der Waals surface area (Å²) < 4.78 is 26.9. The van der Waals surface area contributed by atoms with E-state index in [-0.39, 0.29) is 17.9 Å². The van der Waals surface area contributed by atoms with Crippen molar-refractivity contribution in [1.29, 1.82) is 0 Å². The molecule has 0 saturated carbocycles. The summed E-state index contributed by atoms with van der Waals surface area (Å²) in [5.74, 6) is 0.0730. The van der Waals surface area contributed by atoms with E-state index in [0.29, 0.717) is 25.3 Å². The maximum absolute atomic E-state index is 13.0. The quantitative estimate of drug-likeness (QED) is 0.792. The Labute approximate surface area is 166 Å². The molecule has 2 aromatic rings. The fourth-order valence-corrected chi connectivity index (χ4v) is 5.68. The largest absolute Gasteiger partial charge is 0.335 e. The molecule has 0 spiro atoms. The van der Waals surface area contributed by atoms with E-state index in [1.165, 1.54) is 0 Å². The van der Waals surface area contributed by atoms with E-state index in [2.05, 4.69) is 4.98 Å². The molecule has 2 aliphatic rings. The zero-order valence-electron chi connectivity index (χ0n) is 16.2. The van der Waals surface area contributed by atoms with Crippen LogP contribution >= 0.6 is 0 Å². The maximum Gasteiger partial charge on any atom is 0.272 e. The van der Waals surface area contributed by atoms with E-state index in [1.807, 2.05) is 42.5 Å². The van der Waals surface area contributed by atoms with Crippen LogP contribution in [0.25, 0.3) is 11.3 Å². The first-order valence-corrected chi connectivity index (χ1v) is 11.2. The Kier molecular flexibility index (Phi) is 4.97. The second-order valence-corrected chi connectivity index (χ2v) is 10.2. The van der Waals surface area contributed by atoms with Gasteiger partial charge in [0.2, 0.25) is 10.0 Å². The minimum atomic E-state index is -3.31. The molecule has 7 heteroatoms. The number of pyridine rings is 1. The molecule has 2 saturated heterocycles. The van der Waals surface area contributed by atoms with Crippen LogP contribution in [0.4, 0.5) is 0 Å². The zero-order valence-corrected chi connectivity index (χ0v) is 17.0. The van der Waals surface area contributed by atoms with Gasteiger partial charge in [-0.15, -0.1) is 0 Å². The highest BCUT2D eigenvalue weighted by Crippen LogP contribution is 2.35. The van der Waals surface area contributed by atoms with Crippen molar-refractivity contribution in [3.05, 3.63) is 54.2 Å². The molecule has 2 aliphatic heterocycles. The van der Waals surface area contributed by atoms with Crippen molar-refractivity contribution >= 4 is 15.9 Å². The molecule has 2 unspecified atom stereocenters. The minimum absolute atomic E-state index is 0.117. The van der Waals surface area contributed by atoms with Gasteiger partial charge >= 0.3 is 0 Å². The van der Waals surface area contributed by atoms with Crippen LogP contribution in [-0.4, -0.2) is 59.4 Å². The van der Waals surface area contributed by atoms with Crippen LogP contribution in [-0.2, 0) is 10.0 Å². The molecule has 4 rings (SSSR count). The van der Waals surface area contributed by atoms with Crippen LogP contribution < -0.4 is 0 Å². The summed E-state index contributed by atoms with van der Waals surface area (Å²) in [5.41, 5.74) is 2.12. The highest BCUT2D eigenvalue weighted by Gasteiger charge is 2.48. The molecule has 1 aromatic carbocycles. The van der Waals surface area contributed by atoms with Crippen molar-refractivity contribution in [1.82, 2.24) is 14.2 Å². The Morgan fingerprint density at radius 2 is 1.82 bits per heavy atom. The van der Waals surface area contributed by atoms with Gasteiger partial charge in [-0.3, -0.25) is 4.79 Å². The summed E-state index contributed by atoms with van der Waals surface area (Å²) >= 11 is 0. The predicted molar refractivity (Wildman–Crippen MR) is 108 cm³/mol. The third-order valence-electron chi connectivity index (χ3n) is 5.74. The Bertz CT molecular complexity index is 975. The summed E-state index contributed by atoms with van der Waals surface area (Å²) in [6.07, 6.45) is 0.803. The number of nitrogens with zero attached hydrogens (tertiary/aromatic N) is 3. The summed E-state index contributed by atoms with van der Waals surface area (Å²) in [6, 6.07) is 15.1. The van der Waals surface area contributed by atoms with Gasteiger partial charge in [-0.2, -0.15) is 4.31 Å². The average Bonchev–Trinajstić information content (AvgIpc) is 3.29. The molecule has 0 radical (unpaired) electrons. The first-order chi connectivity index (χ1) is 13.4. The minimum Gasteiger partial charge on any atom is -0.335 e. The lowest BCUT2D eigenvalue weighted by Crippen LogP contribution is -2.43. The molecule has 0 N–H and O–H groups in total. The van der Waals surface area contributed by atoms with Crippen molar-refractivity contribution in [3.63, 3.8) is 0 Å². The normalized spacial score (nSPS) is 22.6. The van der Waals surface area contributed by atoms with Gasteiger partial charge in [-0.05, 0) is 38.3 Å². The lowest BCUT2D eigenvalue weighted by atomic mass is 10.1. The van der Waals surface area contributed by atoms with E-state index >= 15 is 0 Å². The van der Waals surface area contributed by atoms with Crippen molar-refractivity contribution in [2.24, 2.45) is 5.92 Å². The van der Waals surface area contributed by atoms with Crippen LogP contribution in [0.15, 0.2) is 48.5 Å². The molecule has 148 valence electrons. The molecule has 6 nitrogen and oxygen atoms in total. The van der Waals surface area contributed by atoms with E-state index in [0.717, 1.165) is 17.7 Å². The summed E-state index contributed by atoms with van der Waals surface area (Å²) in [7, 11) is -3.31. The van der Waals surface area contributed by atoms with Crippen LogP contribution in [0.2, 0.25) is 0 Å². The summed E-state index contributed by atoms with van der Waals surface area (Å²) in [4.78, 5) is 19.4. The number of amides is 1. The van der Waals surface area contributed by atoms with Crippen molar-refractivity contribution in [3.8, 4) is 11.3 Å². The number of aromatic nitrogens is 1. The standard InChI is InChI=1S/C21H25N3O3S/c1-15(2)28(26,27)24-12-11-17-13-23(14-20(17)24)21(25)19-10-6-9-18(22-19)16-7-4-3-5-8-16/h3-10,15,17,20H,11-14H2,1-2H3.